The highest BCUT2D eigenvalue weighted by atomic mass is 16.2. The summed E-state index contributed by atoms with van der Waals surface area (Å²) in [4.78, 5) is 38.1. The van der Waals surface area contributed by atoms with E-state index in [-0.39, 0.29) is 35.5 Å². The molecule has 4 bridgehead atoms. The molecule has 2 aromatic rings. The summed E-state index contributed by atoms with van der Waals surface area (Å²) in [6, 6.07) is 5.64. The highest BCUT2D eigenvalue weighted by Crippen LogP contribution is 2.56. The Labute approximate surface area is 224 Å². The number of carbonyl (C=O) groups excluding carboxylic acids is 2. The third-order valence-electron chi connectivity index (χ3n) is 10.00. The van der Waals surface area contributed by atoms with Gasteiger partial charge in [-0.15, -0.1) is 0 Å². The first-order chi connectivity index (χ1) is 18.4. The zero-order valence-electron chi connectivity index (χ0n) is 22.7. The van der Waals surface area contributed by atoms with Gasteiger partial charge in [-0.05, 0) is 93.7 Å². The Morgan fingerprint density at radius 2 is 1.71 bits per heavy atom. The summed E-state index contributed by atoms with van der Waals surface area (Å²) in [5, 5.41) is 6.67. The predicted octanol–water partition coefficient (Wildman–Crippen LogP) is 3.83. The van der Waals surface area contributed by atoms with Crippen LogP contribution < -0.4 is 22.1 Å². The van der Waals surface area contributed by atoms with Gasteiger partial charge in [-0.2, -0.15) is 0 Å². The Hall–Kier alpha value is -2.45. The van der Waals surface area contributed by atoms with Crippen molar-refractivity contribution in [2.24, 2.45) is 30.5 Å². The van der Waals surface area contributed by atoms with Crippen LogP contribution in [-0.2, 0) is 16.6 Å². The summed E-state index contributed by atoms with van der Waals surface area (Å²) in [5.41, 5.74) is 8.59. The molecule has 5 aliphatic rings. The number of imidazole rings is 1. The normalized spacial score (nSPS) is 31.2. The summed E-state index contributed by atoms with van der Waals surface area (Å²) in [6.07, 6.45) is 14.1. The van der Waals surface area contributed by atoms with Crippen molar-refractivity contribution in [3.63, 3.8) is 0 Å². The molecule has 0 spiro atoms. The number of aromatic nitrogens is 2. The molecule has 2 unspecified atom stereocenters. The van der Waals surface area contributed by atoms with Crippen LogP contribution >= 0.6 is 0 Å². The zero-order chi connectivity index (χ0) is 26.4. The third-order valence-corrected chi connectivity index (χ3v) is 10.00. The second-order valence-corrected chi connectivity index (χ2v) is 12.8. The van der Waals surface area contributed by atoms with Gasteiger partial charge in [0.15, 0.2) is 0 Å². The van der Waals surface area contributed by atoms with Crippen molar-refractivity contribution >= 4 is 22.8 Å². The molecule has 2 heterocycles. The number of hydrogen-bond donors (Lipinski definition) is 3. The van der Waals surface area contributed by atoms with Gasteiger partial charge in [0.1, 0.15) is 6.04 Å². The molecule has 2 atom stereocenters. The fourth-order valence-electron chi connectivity index (χ4n) is 8.79. The minimum Gasteiger partial charge on any atom is -0.330 e. The van der Waals surface area contributed by atoms with Crippen LogP contribution in [-0.4, -0.2) is 33.0 Å². The molecule has 4 N–H and O–H groups in total. The Morgan fingerprint density at radius 1 is 1.03 bits per heavy atom. The Kier molecular flexibility index (Phi) is 6.97. The Balaban J connectivity index is 1.36. The molecule has 1 saturated heterocycles. The second kappa shape index (κ2) is 10.3. The first-order valence-electron chi connectivity index (χ1n) is 14.9. The summed E-state index contributed by atoms with van der Waals surface area (Å²) >= 11 is 0. The fourth-order valence-corrected chi connectivity index (χ4v) is 8.79. The molecule has 206 valence electrons. The molecule has 7 rings (SSSR count). The van der Waals surface area contributed by atoms with Crippen LogP contribution in [0.2, 0.25) is 0 Å². The van der Waals surface area contributed by atoms with E-state index < -0.39 is 6.04 Å². The molecule has 1 aliphatic heterocycles. The average molecular weight is 522 g/mol. The number of nitrogens with zero attached hydrogens (tertiary/aromatic N) is 2. The number of hydrogen-bond acceptors (Lipinski definition) is 5. The number of unbranched alkanes of at least 4 members (excludes halogenated alkanes) is 3. The van der Waals surface area contributed by atoms with Gasteiger partial charge in [0, 0.05) is 25.0 Å². The average Bonchev–Trinajstić information content (AvgIpc) is 3.12. The molecular formula is C30H43N5O3. The van der Waals surface area contributed by atoms with E-state index in [1.54, 1.807) is 9.13 Å². The molecule has 0 radical (unpaired) electrons. The number of fused-ring (bicyclic) bond motifs is 1. The number of piperidine rings is 1. The number of para-hydroxylation sites is 1. The van der Waals surface area contributed by atoms with Gasteiger partial charge in [-0.1, -0.05) is 31.4 Å². The van der Waals surface area contributed by atoms with Crippen molar-refractivity contribution in [1.82, 2.24) is 19.8 Å². The van der Waals surface area contributed by atoms with Crippen molar-refractivity contribution in [3.05, 3.63) is 34.2 Å². The third kappa shape index (κ3) is 4.64. The van der Waals surface area contributed by atoms with Gasteiger partial charge in [0.2, 0.25) is 11.8 Å². The van der Waals surface area contributed by atoms with Crippen LogP contribution in [0.1, 0.15) is 101 Å². The smallest absolute Gasteiger partial charge is 0.329 e. The van der Waals surface area contributed by atoms with Crippen LogP contribution in [0, 0.1) is 17.8 Å². The Bertz CT molecular complexity index is 1240. The van der Waals surface area contributed by atoms with Crippen LogP contribution in [0.5, 0.6) is 0 Å². The number of nitrogens with two attached hydrogens (primary N) is 1. The van der Waals surface area contributed by atoms with Gasteiger partial charge < -0.3 is 11.1 Å². The number of imide groups is 1. The largest absolute Gasteiger partial charge is 0.330 e. The molecule has 38 heavy (non-hydrogen) atoms. The number of amides is 2. The number of carbonyl (C=O) groups is 2. The zero-order valence-corrected chi connectivity index (χ0v) is 22.7. The molecule has 4 aliphatic carbocycles. The lowest BCUT2D eigenvalue weighted by Crippen LogP contribution is -2.59. The first-order valence-corrected chi connectivity index (χ1v) is 14.9. The van der Waals surface area contributed by atoms with E-state index in [4.69, 9.17) is 5.73 Å². The number of rotatable bonds is 10. The van der Waals surface area contributed by atoms with Gasteiger partial charge in [0.25, 0.3) is 0 Å². The van der Waals surface area contributed by atoms with Crippen LogP contribution in [0.25, 0.3) is 11.0 Å². The monoisotopic (exact) mass is 521 g/mol. The van der Waals surface area contributed by atoms with E-state index >= 15 is 0 Å². The summed E-state index contributed by atoms with van der Waals surface area (Å²) in [5.74, 6) is 1.91. The molecule has 1 aromatic heterocycles. The van der Waals surface area contributed by atoms with Crippen molar-refractivity contribution in [1.29, 1.82) is 0 Å². The van der Waals surface area contributed by atoms with Gasteiger partial charge in [0.05, 0.1) is 11.0 Å². The van der Waals surface area contributed by atoms with Crippen molar-refractivity contribution in [2.45, 2.75) is 101 Å². The maximum absolute atomic E-state index is 13.6. The SMILES string of the molecule is Cn1c(=O)n(C2CCC(=O)NC2=O)c2cccc(C(CCCCCCN)NC34CC5CC(CC(C5)C3)C4)c21. The second-order valence-electron chi connectivity index (χ2n) is 12.8. The lowest BCUT2D eigenvalue weighted by atomic mass is 9.53. The minimum absolute atomic E-state index is 0.149. The van der Waals surface area contributed by atoms with Crippen molar-refractivity contribution < 1.29 is 9.59 Å². The molecule has 4 saturated carbocycles. The van der Waals surface area contributed by atoms with Crippen molar-refractivity contribution in [2.75, 3.05) is 6.54 Å². The molecule has 8 nitrogen and oxygen atoms in total. The van der Waals surface area contributed by atoms with E-state index in [9.17, 15) is 14.4 Å². The quantitative estimate of drug-likeness (QED) is 0.325. The molecular weight excluding hydrogens is 478 g/mol. The predicted molar refractivity (Wildman–Crippen MR) is 148 cm³/mol. The van der Waals surface area contributed by atoms with Gasteiger partial charge in [-0.25, -0.2) is 4.79 Å². The van der Waals surface area contributed by atoms with Gasteiger partial charge >= 0.3 is 5.69 Å². The molecule has 8 heteroatoms. The van der Waals surface area contributed by atoms with E-state index in [2.05, 4.69) is 16.7 Å². The molecule has 2 amide bonds. The van der Waals surface area contributed by atoms with Crippen LogP contribution in [0.4, 0.5) is 0 Å². The minimum atomic E-state index is -0.662. The van der Waals surface area contributed by atoms with Gasteiger partial charge in [-0.3, -0.25) is 24.0 Å². The lowest BCUT2D eigenvalue weighted by Gasteiger charge is -2.58. The maximum atomic E-state index is 13.6. The Morgan fingerprint density at radius 3 is 2.37 bits per heavy atom. The van der Waals surface area contributed by atoms with Crippen LogP contribution in [0.3, 0.4) is 0 Å². The van der Waals surface area contributed by atoms with Crippen molar-refractivity contribution in [3.8, 4) is 0 Å². The summed E-state index contributed by atoms with van der Waals surface area (Å²) < 4.78 is 3.33. The topological polar surface area (TPSA) is 111 Å². The number of benzene rings is 1. The number of aryl methyl sites for hydroxylation is 1. The summed E-state index contributed by atoms with van der Waals surface area (Å²) in [7, 11) is 1.82. The van der Waals surface area contributed by atoms with Crippen LogP contribution in [0.15, 0.2) is 23.0 Å². The van der Waals surface area contributed by atoms with E-state index in [0.717, 1.165) is 73.0 Å². The number of nitrogens with one attached hydrogen (secondary N) is 2. The molecule has 5 fully saturated rings. The first kappa shape index (κ1) is 25.8. The summed E-state index contributed by atoms with van der Waals surface area (Å²) in [6.45, 7) is 0.740. The fraction of sp³-hybridized carbons (Fsp3) is 0.700. The lowest BCUT2D eigenvalue weighted by molar-refractivity contribution is -0.135. The highest BCUT2D eigenvalue weighted by molar-refractivity contribution is 6.00. The molecule has 1 aromatic carbocycles. The van der Waals surface area contributed by atoms with E-state index in [0.29, 0.717) is 6.42 Å². The van der Waals surface area contributed by atoms with E-state index in [1.807, 2.05) is 19.2 Å². The highest BCUT2D eigenvalue weighted by Gasteiger charge is 2.51. The van der Waals surface area contributed by atoms with E-state index in [1.165, 1.54) is 38.5 Å². The maximum Gasteiger partial charge on any atom is 0.329 e. The standard InChI is InChI=1S/C30H43N5O3/c1-34-27-22(7-6-9-24(27)35(29(34)38)25-10-11-26(36)32-28(25)37)23(8-4-2-3-5-12-31)33-30-16-19-13-20(17-30)15-21(14-19)18-30/h6-7,9,19-21,23,25,33H,2-5,8,10-18,31H2,1H3,(H,32,36,37).